The van der Waals surface area contributed by atoms with Crippen LogP contribution in [0.1, 0.15) is 17.3 Å². The normalized spacial score (nSPS) is 10.4. The van der Waals surface area contributed by atoms with E-state index in [1.165, 1.54) is 18.5 Å². The second-order valence-corrected chi connectivity index (χ2v) is 5.65. The van der Waals surface area contributed by atoms with Gasteiger partial charge in [0.15, 0.2) is 0 Å². The number of carbonyl (C=O) groups excluding carboxylic acids is 1. The van der Waals surface area contributed by atoms with Crippen LogP contribution in [0.2, 0.25) is 0 Å². The fraction of sp³-hybridized carbons (Fsp3) is 0.105. The summed E-state index contributed by atoms with van der Waals surface area (Å²) in [6, 6.07) is 11.7. The average molecular weight is 338 g/mol. The largest absolute Gasteiger partial charge is 0.340 e. The van der Waals surface area contributed by atoms with Gasteiger partial charge in [-0.2, -0.15) is 0 Å². The lowest BCUT2D eigenvalue weighted by Crippen LogP contribution is -2.15. The number of nitrogens with zero attached hydrogens (tertiary/aromatic N) is 3. The van der Waals surface area contributed by atoms with Gasteiger partial charge >= 0.3 is 0 Å². The van der Waals surface area contributed by atoms with E-state index < -0.39 is 5.82 Å². The van der Waals surface area contributed by atoms with E-state index in [0.29, 0.717) is 22.6 Å². The van der Waals surface area contributed by atoms with Gasteiger partial charge in [0, 0.05) is 19.7 Å². The standard InChI is InChI=1S/C19H17FN4O.H2/c1-13-4-3-5-14(8-13)19(25)23-15-6-7-17(20)18(9-15)24(2)16-10-21-12-22-11-16;/h3-12H,1-2H3,(H,23,25);1H. The van der Waals surface area contributed by atoms with E-state index in [1.54, 1.807) is 42.5 Å². The van der Waals surface area contributed by atoms with Gasteiger partial charge in [-0.05, 0) is 37.3 Å². The van der Waals surface area contributed by atoms with Crippen LogP contribution in [0.4, 0.5) is 21.5 Å². The minimum absolute atomic E-state index is 0. The summed E-state index contributed by atoms with van der Waals surface area (Å²) >= 11 is 0. The molecule has 25 heavy (non-hydrogen) atoms. The molecule has 0 fully saturated rings. The van der Waals surface area contributed by atoms with Crippen molar-refractivity contribution in [3.05, 3.63) is 78.1 Å². The first-order valence-electron chi connectivity index (χ1n) is 7.71. The minimum atomic E-state index is -0.403. The maximum absolute atomic E-state index is 14.2. The van der Waals surface area contributed by atoms with Crippen molar-refractivity contribution in [2.45, 2.75) is 6.92 Å². The van der Waals surface area contributed by atoms with E-state index in [0.717, 1.165) is 5.56 Å². The summed E-state index contributed by atoms with van der Waals surface area (Å²) in [4.78, 5) is 21.9. The van der Waals surface area contributed by atoms with E-state index in [1.807, 2.05) is 19.1 Å². The molecule has 6 heteroatoms. The van der Waals surface area contributed by atoms with E-state index in [4.69, 9.17) is 0 Å². The highest BCUT2D eigenvalue weighted by molar-refractivity contribution is 6.04. The minimum Gasteiger partial charge on any atom is -0.340 e. The van der Waals surface area contributed by atoms with Crippen LogP contribution in [-0.2, 0) is 0 Å². The summed E-state index contributed by atoms with van der Waals surface area (Å²) in [5.74, 6) is -0.646. The molecule has 1 N–H and O–H groups in total. The molecule has 1 aromatic heterocycles. The highest BCUT2D eigenvalue weighted by Gasteiger charge is 2.13. The van der Waals surface area contributed by atoms with Crippen molar-refractivity contribution in [2.75, 3.05) is 17.3 Å². The number of benzene rings is 2. The van der Waals surface area contributed by atoms with Crippen LogP contribution in [-0.4, -0.2) is 22.9 Å². The second-order valence-electron chi connectivity index (χ2n) is 5.65. The summed E-state index contributed by atoms with van der Waals surface area (Å²) in [7, 11) is 1.71. The van der Waals surface area contributed by atoms with Crippen LogP contribution in [0.5, 0.6) is 0 Å². The third-order valence-corrected chi connectivity index (χ3v) is 3.78. The summed E-state index contributed by atoms with van der Waals surface area (Å²) in [5, 5.41) is 2.80. The van der Waals surface area contributed by atoms with Gasteiger partial charge in [-0.15, -0.1) is 0 Å². The first-order chi connectivity index (χ1) is 12.0. The number of anilines is 3. The quantitative estimate of drug-likeness (QED) is 0.775. The van der Waals surface area contributed by atoms with E-state index >= 15 is 0 Å². The van der Waals surface area contributed by atoms with Gasteiger partial charge in [-0.3, -0.25) is 4.79 Å². The number of amides is 1. The Hall–Kier alpha value is -3.28. The topological polar surface area (TPSA) is 58.1 Å². The Balaban J connectivity index is 0.00000243. The molecule has 0 bridgehead atoms. The molecular formula is C19H19FN4O. The van der Waals surface area contributed by atoms with Crippen LogP contribution < -0.4 is 10.2 Å². The summed E-state index contributed by atoms with van der Waals surface area (Å²) in [5.41, 5.74) is 3.01. The van der Waals surface area contributed by atoms with Crippen molar-refractivity contribution < 1.29 is 10.6 Å². The number of carbonyl (C=O) groups is 1. The van der Waals surface area contributed by atoms with Crippen LogP contribution in [0.25, 0.3) is 0 Å². The maximum Gasteiger partial charge on any atom is 0.255 e. The molecule has 0 radical (unpaired) electrons. The molecular weight excluding hydrogens is 319 g/mol. The first kappa shape index (κ1) is 16.6. The van der Waals surface area contributed by atoms with Gasteiger partial charge in [-0.25, -0.2) is 14.4 Å². The molecule has 3 aromatic rings. The Morgan fingerprint density at radius 2 is 1.92 bits per heavy atom. The van der Waals surface area contributed by atoms with Gasteiger partial charge in [0.2, 0.25) is 0 Å². The fourth-order valence-electron chi connectivity index (χ4n) is 2.44. The lowest BCUT2D eigenvalue weighted by atomic mass is 10.1. The van der Waals surface area contributed by atoms with Crippen molar-refractivity contribution in [1.29, 1.82) is 0 Å². The zero-order valence-corrected chi connectivity index (χ0v) is 13.9. The highest BCUT2D eigenvalue weighted by Crippen LogP contribution is 2.28. The molecule has 0 unspecified atom stereocenters. The van der Waals surface area contributed by atoms with Gasteiger partial charge in [0.25, 0.3) is 5.91 Å². The number of hydrogen-bond donors (Lipinski definition) is 1. The van der Waals surface area contributed by atoms with Gasteiger partial charge in [0.05, 0.1) is 23.8 Å². The third-order valence-electron chi connectivity index (χ3n) is 3.78. The number of aryl methyl sites for hydroxylation is 1. The fourth-order valence-corrected chi connectivity index (χ4v) is 2.44. The molecule has 0 atom stereocenters. The smallest absolute Gasteiger partial charge is 0.255 e. The summed E-state index contributed by atoms with van der Waals surface area (Å²) in [6.07, 6.45) is 4.58. The van der Waals surface area contributed by atoms with Crippen LogP contribution in [0.15, 0.2) is 61.2 Å². The van der Waals surface area contributed by atoms with Crippen molar-refractivity contribution >= 4 is 23.0 Å². The van der Waals surface area contributed by atoms with Crippen LogP contribution >= 0.6 is 0 Å². The Labute approximate surface area is 146 Å². The Morgan fingerprint density at radius 1 is 1.16 bits per heavy atom. The number of rotatable bonds is 4. The Kier molecular flexibility index (Phi) is 4.70. The molecule has 1 amide bonds. The SMILES string of the molecule is Cc1cccc(C(=O)Nc2ccc(F)c(N(C)c3cncnc3)c2)c1.[HH]. The first-order valence-corrected chi connectivity index (χ1v) is 7.71. The maximum atomic E-state index is 14.2. The predicted octanol–water partition coefficient (Wildman–Crippen LogP) is 4.19. The summed E-state index contributed by atoms with van der Waals surface area (Å²) in [6.45, 7) is 1.92. The van der Waals surface area contributed by atoms with Crippen molar-refractivity contribution in [3.8, 4) is 0 Å². The molecule has 0 aliphatic heterocycles. The number of halogens is 1. The van der Waals surface area contributed by atoms with Crippen molar-refractivity contribution in [1.82, 2.24) is 9.97 Å². The second kappa shape index (κ2) is 7.09. The molecule has 0 spiro atoms. The van der Waals surface area contributed by atoms with E-state index in [-0.39, 0.29) is 7.33 Å². The lowest BCUT2D eigenvalue weighted by molar-refractivity contribution is 0.102. The lowest BCUT2D eigenvalue weighted by Gasteiger charge is -2.20. The van der Waals surface area contributed by atoms with Crippen LogP contribution in [0.3, 0.4) is 0 Å². The average Bonchev–Trinajstić information content (AvgIpc) is 2.63. The molecule has 0 saturated heterocycles. The van der Waals surface area contributed by atoms with E-state index in [2.05, 4.69) is 15.3 Å². The van der Waals surface area contributed by atoms with Gasteiger partial charge in [0.1, 0.15) is 12.1 Å². The Morgan fingerprint density at radius 3 is 2.64 bits per heavy atom. The molecule has 1 heterocycles. The number of aromatic nitrogens is 2. The molecule has 0 aliphatic carbocycles. The zero-order valence-electron chi connectivity index (χ0n) is 13.9. The van der Waals surface area contributed by atoms with E-state index in [9.17, 15) is 9.18 Å². The predicted molar refractivity (Wildman–Crippen MR) is 97.7 cm³/mol. The van der Waals surface area contributed by atoms with Crippen molar-refractivity contribution in [2.24, 2.45) is 0 Å². The third kappa shape index (κ3) is 3.80. The molecule has 3 rings (SSSR count). The van der Waals surface area contributed by atoms with Gasteiger partial charge < -0.3 is 10.2 Å². The monoisotopic (exact) mass is 338 g/mol. The van der Waals surface area contributed by atoms with Crippen LogP contribution in [0, 0.1) is 12.7 Å². The molecule has 128 valence electrons. The number of hydrogen-bond acceptors (Lipinski definition) is 4. The molecule has 0 saturated carbocycles. The molecule has 5 nitrogen and oxygen atoms in total. The number of nitrogens with one attached hydrogen (secondary N) is 1. The van der Waals surface area contributed by atoms with Crippen molar-refractivity contribution in [3.63, 3.8) is 0 Å². The highest BCUT2D eigenvalue weighted by atomic mass is 19.1. The summed E-state index contributed by atoms with van der Waals surface area (Å²) < 4.78 is 14.2. The Bertz CT molecular complexity index is 905. The van der Waals surface area contributed by atoms with Gasteiger partial charge in [-0.1, -0.05) is 17.7 Å². The molecule has 0 aliphatic rings. The zero-order chi connectivity index (χ0) is 17.8. The molecule has 2 aromatic carbocycles.